The fraction of sp³-hybridized carbons (Fsp3) is 0.333. The lowest BCUT2D eigenvalue weighted by molar-refractivity contribution is -0.143. The molecule has 1 rings (SSSR count). The highest BCUT2D eigenvalue weighted by Gasteiger charge is 2.01. The summed E-state index contributed by atoms with van der Waals surface area (Å²) in [5.41, 5.74) is 0.930. The molecule has 0 amide bonds. The number of benzene rings is 1. The molecule has 5 heteroatoms. The van der Waals surface area contributed by atoms with Gasteiger partial charge in [0.2, 0.25) is 0 Å². The monoisotopic (exact) mass is 278 g/mol. The second-order valence-electron chi connectivity index (χ2n) is 3.85. The van der Waals surface area contributed by atoms with Gasteiger partial charge in [-0.25, -0.2) is 4.79 Å². The van der Waals surface area contributed by atoms with Crippen molar-refractivity contribution in [3.05, 3.63) is 35.9 Å². The highest BCUT2D eigenvalue weighted by molar-refractivity contribution is 5.72. The fourth-order valence-corrected chi connectivity index (χ4v) is 1.39. The minimum absolute atomic E-state index is 0.117. The first kappa shape index (κ1) is 15.8. The van der Waals surface area contributed by atoms with Crippen LogP contribution < -0.4 is 4.74 Å². The van der Waals surface area contributed by atoms with E-state index in [4.69, 9.17) is 9.47 Å². The number of methoxy groups -OCH3 is 1. The summed E-state index contributed by atoms with van der Waals surface area (Å²) in [5, 5.41) is 0. The van der Waals surface area contributed by atoms with Gasteiger partial charge in [0.15, 0.2) is 6.61 Å². The molecule has 108 valence electrons. The predicted molar refractivity (Wildman–Crippen MR) is 74.2 cm³/mol. The van der Waals surface area contributed by atoms with E-state index in [1.54, 1.807) is 25.1 Å². The summed E-state index contributed by atoms with van der Waals surface area (Å²) in [6, 6.07) is 7.14. The van der Waals surface area contributed by atoms with Crippen LogP contribution in [0, 0.1) is 0 Å². The van der Waals surface area contributed by atoms with E-state index in [2.05, 4.69) is 4.74 Å². The van der Waals surface area contributed by atoms with E-state index in [1.165, 1.54) is 7.11 Å². The standard InChI is InChI=1S/C15H18O5/c1-3-19-14(16)6-4-5-12-7-9-13(10-8-12)20-11-15(17)18-2/h4-5,7-10H,3,6,11H2,1-2H3. The fourth-order valence-electron chi connectivity index (χ4n) is 1.39. The molecule has 0 aromatic heterocycles. The molecule has 0 aliphatic rings. The zero-order chi connectivity index (χ0) is 14.8. The van der Waals surface area contributed by atoms with Crippen LogP contribution in [0.4, 0.5) is 0 Å². The minimum atomic E-state index is -0.427. The zero-order valence-corrected chi connectivity index (χ0v) is 11.6. The molecule has 5 nitrogen and oxygen atoms in total. The van der Waals surface area contributed by atoms with Crippen molar-refractivity contribution < 1.29 is 23.8 Å². The molecule has 1 aromatic rings. The van der Waals surface area contributed by atoms with E-state index < -0.39 is 5.97 Å². The van der Waals surface area contributed by atoms with Crippen LogP contribution in [0.5, 0.6) is 5.75 Å². The van der Waals surface area contributed by atoms with Gasteiger partial charge in [-0.2, -0.15) is 0 Å². The highest BCUT2D eigenvalue weighted by Crippen LogP contribution is 2.13. The maximum Gasteiger partial charge on any atom is 0.343 e. The van der Waals surface area contributed by atoms with Crippen molar-refractivity contribution in [2.24, 2.45) is 0 Å². The third-order valence-corrected chi connectivity index (χ3v) is 2.36. The number of hydrogen-bond acceptors (Lipinski definition) is 5. The van der Waals surface area contributed by atoms with E-state index in [1.807, 2.05) is 18.2 Å². The average molecular weight is 278 g/mol. The first-order valence-corrected chi connectivity index (χ1v) is 6.27. The molecule has 1 aromatic carbocycles. The van der Waals surface area contributed by atoms with Gasteiger partial charge in [0, 0.05) is 0 Å². The first-order valence-electron chi connectivity index (χ1n) is 6.27. The summed E-state index contributed by atoms with van der Waals surface area (Å²) >= 11 is 0. The molecular formula is C15H18O5. The number of hydrogen-bond donors (Lipinski definition) is 0. The Morgan fingerprint density at radius 2 is 1.85 bits per heavy atom. The molecule has 0 spiro atoms. The summed E-state index contributed by atoms with van der Waals surface area (Å²) in [7, 11) is 1.31. The van der Waals surface area contributed by atoms with Gasteiger partial charge >= 0.3 is 11.9 Å². The molecule has 0 unspecified atom stereocenters. The van der Waals surface area contributed by atoms with Crippen molar-refractivity contribution in [2.45, 2.75) is 13.3 Å². The van der Waals surface area contributed by atoms with E-state index in [0.717, 1.165) is 5.56 Å². The van der Waals surface area contributed by atoms with Crippen molar-refractivity contribution in [3.8, 4) is 5.75 Å². The summed E-state index contributed by atoms with van der Waals surface area (Å²) in [6.07, 6.45) is 3.80. The molecule has 0 radical (unpaired) electrons. The number of rotatable bonds is 7. The molecular weight excluding hydrogens is 260 g/mol. The van der Waals surface area contributed by atoms with Crippen LogP contribution in [0.15, 0.2) is 30.3 Å². The van der Waals surface area contributed by atoms with Gasteiger partial charge in [-0.05, 0) is 24.6 Å². The van der Waals surface area contributed by atoms with Gasteiger partial charge in [0.25, 0.3) is 0 Å². The first-order chi connectivity index (χ1) is 9.65. The van der Waals surface area contributed by atoms with E-state index in [9.17, 15) is 9.59 Å². The molecule has 0 aliphatic carbocycles. The lowest BCUT2D eigenvalue weighted by atomic mass is 10.2. The normalized spacial score (nSPS) is 10.3. The predicted octanol–water partition coefficient (Wildman–Crippen LogP) is 2.20. The third kappa shape index (κ3) is 6.04. The molecule has 0 saturated carbocycles. The maximum absolute atomic E-state index is 11.1. The van der Waals surface area contributed by atoms with Gasteiger partial charge in [-0.3, -0.25) is 4.79 Å². The van der Waals surface area contributed by atoms with Crippen molar-refractivity contribution in [1.29, 1.82) is 0 Å². The summed E-state index contributed by atoms with van der Waals surface area (Å²) in [6.45, 7) is 2.04. The summed E-state index contributed by atoms with van der Waals surface area (Å²) in [4.78, 5) is 22.0. The molecule has 0 saturated heterocycles. The molecule has 0 atom stereocenters. The SMILES string of the molecule is CCOC(=O)CC=Cc1ccc(OCC(=O)OC)cc1. The Kier molecular flexibility index (Phi) is 6.89. The number of carbonyl (C=O) groups excluding carboxylic acids is 2. The summed E-state index contributed by atoms with van der Waals surface area (Å²) in [5.74, 6) is -0.0943. The maximum atomic E-state index is 11.1. The van der Waals surface area contributed by atoms with Crippen LogP contribution >= 0.6 is 0 Å². The Labute approximate surface area is 118 Å². The van der Waals surface area contributed by atoms with Gasteiger partial charge in [-0.15, -0.1) is 0 Å². The number of ether oxygens (including phenoxy) is 3. The molecule has 0 aliphatic heterocycles. The third-order valence-electron chi connectivity index (χ3n) is 2.36. The van der Waals surface area contributed by atoms with Crippen molar-refractivity contribution in [1.82, 2.24) is 0 Å². The Morgan fingerprint density at radius 3 is 2.45 bits per heavy atom. The topological polar surface area (TPSA) is 61.8 Å². The van der Waals surface area contributed by atoms with Crippen LogP contribution in [0.25, 0.3) is 6.08 Å². The Bertz CT molecular complexity index is 462. The minimum Gasteiger partial charge on any atom is -0.482 e. The lowest BCUT2D eigenvalue weighted by Gasteiger charge is -2.04. The van der Waals surface area contributed by atoms with Crippen LogP contribution in [0.3, 0.4) is 0 Å². The van der Waals surface area contributed by atoms with Crippen LogP contribution in [0.2, 0.25) is 0 Å². The van der Waals surface area contributed by atoms with Gasteiger partial charge in [0.1, 0.15) is 5.75 Å². The molecule has 0 fully saturated rings. The number of esters is 2. The molecule has 20 heavy (non-hydrogen) atoms. The van der Waals surface area contributed by atoms with Gasteiger partial charge < -0.3 is 14.2 Å². The quantitative estimate of drug-likeness (QED) is 0.715. The Hall–Kier alpha value is -2.30. The zero-order valence-electron chi connectivity index (χ0n) is 11.6. The number of carbonyl (C=O) groups is 2. The second kappa shape index (κ2) is 8.74. The van der Waals surface area contributed by atoms with E-state index in [0.29, 0.717) is 12.4 Å². The lowest BCUT2D eigenvalue weighted by Crippen LogP contribution is -2.12. The van der Waals surface area contributed by atoms with Crippen molar-refractivity contribution >= 4 is 18.0 Å². The Balaban J connectivity index is 2.44. The molecule has 0 bridgehead atoms. The van der Waals surface area contributed by atoms with Gasteiger partial charge in [0.05, 0.1) is 20.1 Å². The average Bonchev–Trinajstić information content (AvgIpc) is 2.46. The Morgan fingerprint density at radius 1 is 1.15 bits per heavy atom. The van der Waals surface area contributed by atoms with Gasteiger partial charge in [-0.1, -0.05) is 24.3 Å². The van der Waals surface area contributed by atoms with E-state index in [-0.39, 0.29) is 19.0 Å². The largest absolute Gasteiger partial charge is 0.482 e. The molecule has 0 N–H and O–H groups in total. The smallest absolute Gasteiger partial charge is 0.343 e. The highest BCUT2D eigenvalue weighted by atomic mass is 16.6. The van der Waals surface area contributed by atoms with Crippen LogP contribution in [-0.4, -0.2) is 32.3 Å². The summed E-state index contributed by atoms with van der Waals surface area (Å²) < 4.78 is 14.5. The van der Waals surface area contributed by atoms with Crippen molar-refractivity contribution in [2.75, 3.05) is 20.3 Å². The van der Waals surface area contributed by atoms with E-state index >= 15 is 0 Å². The second-order valence-corrected chi connectivity index (χ2v) is 3.85. The van der Waals surface area contributed by atoms with Crippen LogP contribution in [-0.2, 0) is 19.1 Å². The van der Waals surface area contributed by atoms with Crippen LogP contribution in [0.1, 0.15) is 18.9 Å². The molecule has 0 heterocycles. The van der Waals surface area contributed by atoms with Crippen molar-refractivity contribution in [3.63, 3.8) is 0 Å².